The summed E-state index contributed by atoms with van der Waals surface area (Å²) in [4.78, 5) is 44.2. The monoisotopic (exact) mass is 538 g/mol. The van der Waals surface area contributed by atoms with Gasteiger partial charge in [-0.05, 0) is 83.5 Å². The number of thiophene rings is 1. The number of urea groups is 1. The lowest BCUT2D eigenvalue weighted by Crippen LogP contribution is -2.34. The van der Waals surface area contributed by atoms with Crippen LogP contribution in [-0.4, -0.2) is 54.2 Å². The van der Waals surface area contributed by atoms with Gasteiger partial charge in [0, 0.05) is 11.6 Å². The zero-order valence-corrected chi connectivity index (χ0v) is 23.0. The maximum Gasteiger partial charge on any atom is 0.412 e. The van der Waals surface area contributed by atoms with Crippen molar-refractivity contribution in [2.24, 2.45) is 0 Å². The maximum absolute atomic E-state index is 13.0. The molecule has 0 saturated heterocycles. The Bertz CT molecular complexity index is 1220. The van der Waals surface area contributed by atoms with Gasteiger partial charge in [0.15, 0.2) is 0 Å². The summed E-state index contributed by atoms with van der Waals surface area (Å²) in [5.74, 6) is -0.393. The van der Waals surface area contributed by atoms with Crippen LogP contribution in [0.3, 0.4) is 0 Å². The van der Waals surface area contributed by atoms with Crippen LogP contribution in [0.15, 0.2) is 59.4 Å². The minimum absolute atomic E-state index is 0.329. The molecule has 10 nitrogen and oxygen atoms in total. The van der Waals surface area contributed by atoms with Crippen molar-refractivity contribution < 1.29 is 19.1 Å². The summed E-state index contributed by atoms with van der Waals surface area (Å²) in [5, 5.41) is 15.0. The SMILES string of the molecule is CN(C)CCC(NC(=O)Nc1ccsc1)c1ccc(C(=O)Nc2ccccc2NC(=O)OC(C)(C)C)cn1. The third-order valence-corrected chi connectivity index (χ3v) is 5.85. The van der Waals surface area contributed by atoms with Crippen molar-refractivity contribution in [3.05, 3.63) is 70.7 Å². The predicted molar refractivity (Wildman–Crippen MR) is 151 cm³/mol. The first kappa shape index (κ1) is 28.6. The van der Waals surface area contributed by atoms with Gasteiger partial charge in [-0.1, -0.05) is 12.1 Å². The molecule has 0 saturated carbocycles. The fourth-order valence-corrected chi connectivity index (χ4v) is 3.99. The number of benzene rings is 1. The minimum Gasteiger partial charge on any atom is -0.444 e. The molecule has 4 amide bonds. The Kier molecular flexibility index (Phi) is 9.80. The Morgan fingerprint density at radius 1 is 1.00 bits per heavy atom. The summed E-state index contributed by atoms with van der Waals surface area (Å²) in [5.41, 5.74) is 1.86. The number of pyridine rings is 1. The van der Waals surface area contributed by atoms with E-state index in [1.807, 2.05) is 35.8 Å². The maximum atomic E-state index is 13.0. The molecular formula is C27H34N6O4S. The van der Waals surface area contributed by atoms with E-state index >= 15 is 0 Å². The number of nitrogens with zero attached hydrogens (tertiary/aromatic N) is 2. The molecule has 4 N–H and O–H groups in total. The highest BCUT2D eigenvalue weighted by atomic mass is 32.1. The van der Waals surface area contributed by atoms with Crippen molar-refractivity contribution in [3.8, 4) is 0 Å². The number of para-hydroxylation sites is 2. The molecule has 38 heavy (non-hydrogen) atoms. The van der Waals surface area contributed by atoms with E-state index in [1.54, 1.807) is 57.2 Å². The molecular weight excluding hydrogens is 504 g/mol. The number of anilines is 3. The molecule has 1 aromatic carbocycles. The van der Waals surface area contributed by atoms with Crippen LogP contribution in [0, 0.1) is 0 Å². The Morgan fingerprint density at radius 2 is 1.71 bits per heavy atom. The van der Waals surface area contributed by atoms with Crippen molar-refractivity contribution in [2.75, 3.05) is 36.6 Å². The highest BCUT2D eigenvalue weighted by Gasteiger charge is 2.19. The topological polar surface area (TPSA) is 125 Å². The molecule has 11 heteroatoms. The van der Waals surface area contributed by atoms with E-state index in [2.05, 4.69) is 26.3 Å². The van der Waals surface area contributed by atoms with E-state index in [0.717, 1.165) is 12.2 Å². The number of carbonyl (C=O) groups excluding carboxylic acids is 3. The number of hydrogen-bond donors (Lipinski definition) is 4. The number of hydrogen-bond acceptors (Lipinski definition) is 7. The number of rotatable bonds is 9. The van der Waals surface area contributed by atoms with Crippen LogP contribution in [0.5, 0.6) is 0 Å². The molecule has 2 heterocycles. The highest BCUT2D eigenvalue weighted by molar-refractivity contribution is 7.08. The average molecular weight is 539 g/mol. The molecule has 1 atom stereocenters. The van der Waals surface area contributed by atoms with E-state index in [9.17, 15) is 14.4 Å². The second kappa shape index (κ2) is 13.0. The Balaban J connectivity index is 1.69. The molecule has 0 spiro atoms. The van der Waals surface area contributed by atoms with Crippen LogP contribution in [-0.2, 0) is 4.74 Å². The lowest BCUT2D eigenvalue weighted by Gasteiger charge is -2.21. The van der Waals surface area contributed by atoms with Crippen molar-refractivity contribution >= 4 is 46.4 Å². The molecule has 0 aliphatic carbocycles. The van der Waals surface area contributed by atoms with Gasteiger partial charge in [-0.3, -0.25) is 15.1 Å². The Labute approximate surface area is 226 Å². The van der Waals surface area contributed by atoms with Crippen molar-refractivity contribution in [1.29, 1.82) is 0 Å². The zero-order chi connectivity index (χ0) is 27.7. The zero-order valence-electron chi connectivity index (χ0n) is 22.2. The molecule has 2 aromatic heterocycles. The standard InChI is InChI=1S/C27H34N6O4S/c1-27(2,3)37-26(36)32-22-9-7-6-8-21(22)30-24(34)18-10-11-20(28-16-18)23(12-14-33(4)5)31-25(35)29-19-13-15-38-17-19/h6-11,13,15-17,23H,12,14H2,1-5H3,(H,30,34)(H,32,36)(H2,29,31,35). The molecule has 0 radical (unpaired) electrons. The first-order chi connectivity index (χ1) is 18.0. The molecule has 202 valence electrons. The third-order valence-electron chi connectivity index (χ3n) is 5.17. The molecule has 3 aromatic rings. The van der Waals surface area contributed by atoms with Gasteiger partial charge in [0.2, 0.25) is 0 Å². The van der Waals surface area contributed by atoms with E-state index in [4.69, 9.17) is 4.74 Å². The summed E-state index contributed by atoms with van der Waals surface area (Å²) >= 11 is 1.50. The number of nitrogens with one attached hydrogen (secondary N) is 4. The van der Waals surface area contributed by atoms with Gasteiger partial charge in [-0.25, -0.2) is 9.59 Å². The predicted octanol–water partition coefficient (Wildman–Crippen LogP) is 5.56. The molecule has 1 unspecified atom stereocenters. The fraction of sp³-hybridized carbons (Fsp3) is 0.333. The molecule has 3 rings (SSSR count). The van der Waals surface area contributed by atoms with Gasteiger partial charge in [0.25, 0.3) is 5.91 Å². The van der Waals surface area contributed by atoms with Gasteiger partial charge in [-0.15, -0.1) is 0 Å². The molecule has 0 aliphatic heterocycles. The van der Waals surface area contributed by atoms with Gasteiger partial charge in [0.1, 0.15) is 5.60 Å². The number of amides is 4. The summed E-state index contributed by atoms with van der Waals surface area (Å²) in [6.07, 6.45) is 1.48. The van der Waals surface area contributed by atoms with E-state index in [-0.39, 0.29) is 12.1 Å². The summed E-state index contributed by atoms with van der Waals surface area (Å²) in [6.45, 7) is 6.05. The van der Waals surface area contributed by atoms with E-state index in [0.29, 0.717) is 29.1 Å². The van der Waals surface area contributed by atoms with Gasteiger partial charge in [0.05, 0.1) is 34.4 Å². The van der Waals surface area contributed by atoms with Crippen LogP contribution in [0.1, 0.15) is 49.3 Å². The number of carbonyl (C=O) groups is 3. The lowest BCUT2D eigenvalue weighted by molar-refractivity contribution is 0.0635. The fourth-order valence-electron chi connectivity index (χ4n) is 3.40. The van der Waals surface area contributed by atoms with Crippen LogP contribution < -0.4 is 21.3 Å². The van der Waals surface area contributed by atoms with E-state index in [1.165, 1.54) is 17.5 Å². The van der Waals surface area contributed by atoms with Crippen molar-refractivity contribution in [2.45, 2.75) is 38.8 Å². The first-order valence-corrected chi connectivity index (χ1v) is 13.1. The summed E-state index contributed by atoms with van der Waals surface area (Å²) in [7, 11) is 3.91. The molecule has 0 fully saturated rings. The number of ether oxygens (including phenoxy) is 1. The largest absolute Gasteiger partial charge is 0.444 e. The molecule has 0 aliphatic rings. The quantitative estimate of drug-likeness (QED) is 0.283. The normalized spacial score (nSPS) is 11.9. The summed E-state index contributed by atoms with van der Waals surface area (Å²) in [6, 6.07) is 11.4. The highest BCUT2D eigenvalue weighted by Crippen LogP contribution is 2.23. The second-order valence-corrected chi connectivity index (χ2v) is 10.6. The first-order valence-electron chi connectivity index (χ1n) is 12.1. The number of aromatic nitrogens is 1. The van der Waals surface area contributed by atoms with Crippen LogP contribution in [0.25, 0.3) is 0 Å². The Hall–Kier alpha value is -3.96. The van der Waals surface area contributed by atoms with Crippen molar-refractivity contribution in [3.63, 3.8) is 0 Å². The third kappa shape index (κ3) is 9.16. The van der Waals surface area contributed by atoms with Gasteiger partial charge < -0.3 is 25.6 Å². The Morgan fingerprint density at radius 3 is 2.29 bits per heavy atom. The lowest BCUT2D eigenvalue weighted by atomic mass is 10.1. The van der Waals surface area contributed by atoms with E-state index < -0.39 is 17.6 Å². The average Bonchev–Trinajstić information content (AvgIpc) is 3.34. The van der Waals surface area contributed by atoms with Crippen molar-refractivity contribution in [1.82, 2.24) is 15.2 Å². The van der Waals surface area contributed by atoms with Gasteiger partial charge in [-0.2, -0.15) is 11.3 Å². The second-order valence-electron chi connectivity index (χ2n) is 9.85. The van der Waals surface area contributed by atoms with Crippen LogP contribution in [0.4, 0.5) is 26.7 Å². The van der Waals surface area contributed by atoms with Crippen LogP contribution >= 0.6 is 11.3 Å². The van der Waals surface area contributed by atoms with Gasteiger partial charge >= 0.3 is 12.1 Å². The minimum atomic E-state index is -0.653. The summed E-state index contributed by atoms with van der Waals surface area (Å²) < 4.78 is 5.30. The molecule has 0 bridgehead atoms. The smallest absolute Gasteiger partial charge is 0.412 e. The van der Waals surface area contributed by atoms with Crippen LogP contribution in [0.2, 0.25) is 0 Å².